The van der Waals surface area contributed by atoms with Crippen LogP contribution in [0.2, 0.25) is 0 Å². The molecule has 0 amide bonds. The van der Waals surface area contributed by atoms with E-state index in [4.69, 9.17) is 0 Å². The fourth-order valence-electron chi connectivity index (χ4n) is 6.57. The molecule has 0 fully saturated rings. The highest BCUT2D eigenvalue weighted by atomic mass is 15.0. The third-order valence-corrected chi connectivity index (χ3v) is 8.53. The molecule has 1 aromatic heterocycles. The van der Waals surface area contributed by atoms with Gasteiger partial charge in [0.05, 0.1) is 11.0 Å². The number of fused-ring (bicyclic) bond motifs is 5. The van der Waals surface area contributed by atoms with Gasteiger partial charge in [0.1, 0.15) is 0 Å². The maximum Gasteiger partial charge on any atom is 0.0541 e. The lowest BCUT2D eigenvalue weighted by molar-refractivity contribution is 1.19. The van der Waals surface area contributed by atoms with Crippen LogP contribution in [0.1, 0.15) is 11.1 Å². The summed E-state index contributed by atoms with van der Waals surface area (Å²) in [7, 11) is 0. The highest BCUT2D eigenvalue weighted by Crippen LogP contribution is 2.45. The number of aromatic nitrogens is 1. The maximum atomic E-state index is 2.42. The van der Waals surface area contributed by atoms with Gasteiger partial charge in [-0.2, -0.15) is 0 Å². The van der Waals surface area contributed by atoms with Gasteiger partial charge < -0.3 is 4.57 Å². The fourth-order valence-corrected chi connectivity index (χ4v) is 6.57. The van der Waals surface area contributed by atoms with Crippen LogP contribution in [0.25, 0.3) is 71.3 Å². The number of hydrogen-bond acceptors (Lipinski definition) is 0. The highest BCUT2D eigenvalue weighted by Gasteiger charge is 2.19. The Bertz CT molecular complexity index is 2190. The van der Waals surface area contributed by atoms with Crippen molar-refractivity contribution in [3.8, 4) is 27.9 Å². The molecular formula is C40H29N. The smallest absolute Gasteiger partial charge is 0.0541 e. The Morgan fingerprint density at radius 2 is 0.780 bits per heavy atom. The molecule has 0 aliphatic rings. The predicted octanol–water partition coefficient (Wildman–Crippen LogP) is 11.0. The molecule has 0 N–H and O–H groups in total. The largest absolute Gasteiger partial charge is 0.309 e. The van der Waals surface area contributed by atoms with Crippen LogP contribution < -0.4 is 0 Å². The molecule has 41 heavy (non-hydrogen) atoms. The SMILES string of the molecule is Cc1ccc(-c2c3ccccc3c(-c3ccc(C)cc3)c3cc(-n4c5ccccc5c5ccccc54)ccc23)cc1. The van der Waals surface area contributed by atoms with Gasteiger partial charge in [-0.3, -0.25) is 0 Å². The van der Waals surface area contributed by atoms with Crippen molar-refractivity contribution in [2.75, 3.05) is 0 Å². The molecule has 1 heteroatoms. The van der Waals surface area contributed by atoms with Gasteiger partial charge in [-0.1, -0.05) is 126 Å². The first kappa shape index (κ1) is 23.7. The summed E-state index contributed by atoms with van der Waals surface area (Å²) in [5.41, 5.74) is 11.2. The Hall–Kier alpha value is -5.14. The van der Waals surface area contributed by atoms with Crippen LogP contribution in [-0.2, 0) is 0 Å². The molecule has 0 aliphatic heterocycles. The van der Waals surface area contributed by atoms with E-state index in [-0.39, 0.29) is 0 Å². The average molecular weight is 524 g/mol. The molecule has 0 saturated carbocycles. The topological polar surface area (TPSA) is 4.93 Å². The van der Waals surface area contributed by atoms with E-state index in [9.17, 15) is 0 Å². The molecule has 0 bridgehead atoms. The molecule has 0 atom stereocenters. The van der Waals surface area contributed by atoms with E-state index in [1.54, 1.807) is 0 Å². The lowest BCUT2D eigenvalue weighted by Gasteiger charge is -2.19. The minimum absolute atomic E-state index is 1.17. The fraction of sp³-hybridized carbons (Fsp3) is 0.0500. The summed E-state index contributed by atoms with van der Waals surface area (Å²) in [6.07, 6.45) is 0. The lowest BCUT2D eigenvalue weighted by atomic mass is 9.85. The van der Waals surface area contributed by atoms with Crippen molar-refractivity contribution in [3.05, 3.63) is 151 Å². The minimum Gasteiger partial charge on any atom is -0.309 e. The second kappa shape index (κ2) is 9.21. The van der Waals surface area contributed by atoms with E-state index in [0.717, 1.165) is 0 Å². The van der Waals surface area contributed by atoms with Crippen molar-refractivity contribution in [1.29, 1.82) is 0 Å². The molecule has 0 aliphatic carbocycles. The molecule has 8 aromatic rings. The third-order valence-electron chi connectivity index (χ3n) is 8.53. The summed E-state index contributed by atoms with van der Waals surface area (Å²) in [6, 6.07) is 51.4. The quantitative estimate of drug-likeness (QED) is 0.203. The summed E-state index contributed by atoms with van der Waals surface area (Å²) < 4.78 is 2.42. The van der Waals surface area contributed by atoms with Crippen molar-refractivity contribution in [3.63, 3.8) is 0 Å². The molecule has 1 heterocycles. The molecule has 0 spiro atoms. The van der Waals surface area contributed by atoms with Crippen molar-refractivity contribution in [2.24, 2.45) is 0 Å². The molecule has 7 aromatic carbocycles. The third kappa shape index (κ3) is 3.70. The van der Waals surface area contributed by atoms with Crippen molar-refractivity contribution in [1.82, 2.24) is 4.57 Å². The summed E-state index contributed by atoms with van der Waals surface area (Å²) >= 11 is 0. The van der Waals surface area contributed by atoms with E-state index in [0.29, 0.717) is 0 Å². The Morgan fingerprint density at radius 3 is 1.29 bits per heavy atom. The zero-order valence-corrected chi connectivity index (χ0v) is 23.2. The number of benzene rings is 7. The Kier molecular flexibility index (Phi) is 5.33. The van der Waals surface area contributed by atoms with Gasteiger partial charge in [-0.15, -0.1) is 0 Å². The molecule has 194 valence electrons. The summed E-state index contributed by atoms with van der Waals surface area (Å²) in [4.78, 5) is 0. The molecule has 1 nitrogen and oxygen atoms in total. The van der Waals surface area contributed by atoms with Crippen LogP contribution in [0.4, 0.5) is 0 Å². The molecule has 0 saturated heterocycles. The normalized spacial score (nSPS) is 11.7. The first-order valence-corrected chi connectivity index (χ1v) is 14.3. The number of aryl methyl sites for hydroxylation is 2. The second-order valence-electron chi connectivity index (χ2n) is 11.1. The molecule has 8 rings (SSSR count). The van der Waals surface area contributed by atoms with E-state index < -0.39 is 0 Å². The Balaban J connectivity index is 1.54. The number of nitrogens with zero attached hydrogens (tertiary/aromatic N) is 1. The average Bonchev–Trinajstić information content (AvgIpc) is 3.35. The highest BCUT2D eigenvalue weighted by molar-refractivity contribution is 6.22. The zero-order chi connectivity index (χ0) is 27.5. The monoisotopic (exact) mass is 523 g/mol. The van der Waals surface area contributed by atoms with Gasteiger partial charge in [-0.05, 0) is 81.9 Å². The van der Waals surface area contributed by atoms with Gasteiger partial charge >= 0.3 is 0 Å². The van der Waals surface area contributed by atoms with Crippen molar-refractivity contribution in [2.45, 2.75) is 13.8 Å². The molecule has 0 radical (unpaired) electrons. The van der Waals surface area contributed by atoms with E-state index in [1.807, 2.05) is 0 Å². The van der Waals surface area contributed by atoms with Crippen LogP contribution in [0.3, 0.4) is 0 Å². The first-order chi connectivity index (χ1) is 20.2. The van der Waals surface area contributed by atoms with Crippen LogP contribution in [-0.4, -0.2) is 4.57 Å². The van der Waals surface area contributed by atoms with Crippen molar-refractivity contribution < 1.29 is 0 Å². The van der Waals surface area contributed by atoms with Gasteiger partial charge in [0.15, 0.2) is 0 Å². The van der Waals surface area contributed by atoms with E-state index >= 15 is 0 Å². The molecule has 0 unspecified atom stereocenters. The Labute approximate surface area is 239 Å². The maximum absolute atomic E-state index is 2.42. The van der Waals surface area contributed by atoms with Gasteiger partial charge in [0.2, 0.25) is 0 Å². The lowest BCUT2D eigenvalue weighted by Crippen LogP contribution is -1.96. The standard InChI is InChI=1S/C40H29N/c1-26-15-19-28(20-16-26)39-33-11-3-4-12-34(33)40(29-21-17-27(2)18-22-29)36-25-30(23-24-35(36)39)41-37-13-7-5-9-31(37)32-10-6-8-14-38(32)41/h3-25H,1-2H3. The second-order valence-corrected chi connectivity index (χ2v) is 11.1. The summed E-state index contributed by atoms with van der Waals surface area (Å²) in [5.74, 6) is 0. The zero-order valence-electron chi connectivity index (χ0n) is 23.2. The Morgan fingerprint density at radius 1 is 0.366 bits per heavy atom. The number of rotatable bonds is 3. The summed E-state index contributed by atoms with van der Waals surface area (Å²) in [6.45, 7) is 4.30. The first-order valence-electron chi connectivity index (χ1n) is 14.3. The number of hydrogen-bond donors (Lipinski definition) is 0. The van der Waals surface area contributed by atoms with Gasteiger partial charge in [0.25, 0.3) is 0 Å². The van der Waals surface area contributed by atoms with Crippen molar-refractivity contribution >= 4 is 43.4 Å². The predicted molar refractivity (Wildman–Crippen MR) is 176 cm³/mol. The van der Waals surface area contributed by atoms with Crippen LogP contribution in [0, 0.1) is 13.8 Å². The summed E-state index contributed by atoms with van der Waals surface area (Å²) in [5, 5.41) is 7.65. The van der Waals surface area contributed by atoms with E-state index in [2.05, 4.69) is 158 Å². The van der Waals surface area contributed by atoms with Crippen LogP contribution in [0.15, 0.2) is 140 Å². The van der Waals surface area contributed by atoms with Gasteiger partial charge in [-0.25, -0.2) is 0 Å². The van der Waals surface area contributed by atoms with Crippen LogP contribution in [0.5, 0.6) is 0 Å². The van der Waals surface area contributed by atoms with Gasteiger partial charge in [0, 0.05) is 16.5 Å². The molecular weight excluding hydrogens is 494 g/mol. The minimum atomic E-state index is 1.17. The van der Waals surface area contributed by atoms with Crippen LogP contribution >= 0.6 is 0 Å². The number of para-hydroxylation sites is 2. The van der Waals surface area contributed by atoms with E-state index in [1.165, 1.54) is 82.4 Å².